The Bertz CT molecular complexity index is 832. The highest BCUT2D eigenvalue weighted by atomic mass is 35.5. The number of benzene rings is 2. The summed E-state index contributed by atoms with van der Waals surface area (Å²) >= 11 is 5.54. The second-order valence-corrected chi connectivity index (χ2v) is 5.78. The lowest BCUT2D eigenvalue weighted by molar-refractivity contribution is -0.114. The van der Waals surface area contributed by atoms with Crippen LogP contribution in [0.3, 0.4) is 0 Å². The Hall–Kier alpha value is -2.79. The van der Waals surface area contributed by atoms with Gasteiger partial charge in [-0.05, 0) is 37.3 Å². The largest absolute Gasteiger partial charge is 0.293 e. The number of rotatable bonds is 4. The molecule has 4 nitrogen and oxygen atoms in total. The van der Waals surface area contributed by atoms with Crippen LogP contribution in [-0.2, 0) is 4.79 Å². The van der Waals surface area contributed by atoms with Crippen LogP contribution in [0.15, 0.2) is 54.6 Å². The van der Waals surface area contributed by atoms with E-state index < -0.39 is 5.91 Å². The van der Waals surface area contributed by atoms with E-state index in [1.54, 1.807) is 18.2 Å². The molecule has 0 unspecified atom stereocenters. The minimum atomic E-state index is -0.396. The van der Waals surface area contributed by atoms with Gasteiger partial charge in [-0.15, -0.1) is 11.6 Å². The average Bonchev–Trinajstić information content (AvgIpc) is 2.62. The van der Waals surface area contributed by atoms with E-state index in [-0.39, 0.29) is 17.6 Å². The van der Waals surface area contributed by atoms with Gasteiger partial charge in [-0.1, -0.05) is 29.8 Å². The topological polar surface area (TPSA) is 54.9 Å². The van der Waals surface area contributed by atoms with Crippen LogP contribution >= 0.6 is 11.6 Å². The number of aryl methyl sites for hydroxylation is 1. The maximum absolute atomic E-state index is 13.2. The molecule has 3 aromatic rings. The van der Waals surface area contributed by atoms with Crippen molar-refractivity contribution in [3.05, 3.63) is 66.0 Å². The summed E-state index contributed by atoms with van der Waals surface area (Å²) in [7, 11) is 0. The third-order valence-electron chi connectivity index (χ3n) is 3.59. The molecule has 0 bridgehead atoms. The molecule has 0 aliphatic heterocycles. The van der Waals surface area contributed by atoms with Gasteiger partial charge in [0.1, 0.15) is 11.7 Å². The summed E-state index contributed by atoms with van der Waals surface area (Å²) in [5.41, 5.74) is 3.97. The van der Waals surface area contributed by atoms with Crippen LogP contribution in [0.2, 0.25) is 0 Å². The highest BCUT2D eigenvalue weighted by Crippen LogP contribution is 2.25. The van der Waals surface area contributed by atoms with Crippen molar-refractivity contribution in [3.8, 4) is 22.5 Å². The molecular formula is C19H15ClFN3O. The lowest BCUT2D eigenvalue weighted by Gasteiger charge is -2.09. The van der Waals surface area contributed by atoms with Gasteiger partial charge in [-0.25, -0.2) is 14.4 Å². The van der Waals surface area contributed by atoms with Gasteiger partial charge in [-0.2, -0.15) is 0 Å². The summed E-state index contributed by atoms with van der Waals surface area (Å²) in [5.74, 6) is -0.757. The van der Waals surface area contributed by atoms with Crippen LogP contribution in [0.25, 0.3) is 22.5 Å². The summed E-state index contributed by atoms with van der Waals surface area (Å²) in [6.07, 6.45) is 0. The predicted octanol–water partition coefficient (Wildman–Crippen LogP) is 4.44. The Labute approximate surface area is 149 Å². The van der Waals surface area contributed by atoms with E-state index >= 15 is 0 Å². The van der Waals surface area contributed by atoms with Crippen LogP contribution < -0.4 is 5.32 Å². The van der Waals surface area contributed by atoms with Gasteiger partial charge in [-0.3, -0.25) is 10.1 Å². The van der Waals surface area contributed by atoms with Crippen LogP contribution in [-0.4, -0.2) is 21.8 Å². The molecule has 1 amide bonds. The Kier molecular flexibility index (Phi) is 5.05. The normalized spacial score (nSPS) is 10.5. The number of aromatic nitrogens is 2. The summed E-state index contributed by atoms with van der Waals surface area (Å²) in [6, 6.07) is 15.6. The van der Waals surface area contributed by atoms with E-state index in [4.69, 9.17) is 11.6 Å². The minimum Gasteiger partial charge on any atom is -0.293 e. The molecular weight excluding hydrogens is 341 g/mol. The van der Waals surface area contributed by atoms with Crippen molar-refractivity contribution in [2.45, 2.75) is 6.92 Å². The maximum atomic E-state index is 13.2. The second-order valence-electron chi connectivity index (χ2n) is 5.52. The van der Waals surface area contributed by atoms with E-state index in [1.165, 1.54) is 12.1 Å². The molecule has 0 saturated carbocycles. The summed E-state index contributed by atoms with van der Waals surface area (Å²) in [6.45, 7) is 2.00. The van der Waals surface area contributed by atoms with Gasteiger partial charge in [0.2, 0.25) is 11.9 Å². The summed E-state index contributed by atoms with van der Waals surface area (Å²) in [5, 5.41) is 2.57. The van der Waals surface area contributed by atoms with Gasteiger partial charge >= 0.3 is 0 Å². The Morgan fingerprint density at radius 3 is 2.04 bits per heavy atom. The number of anilines is 1. The fourth-order valence-corrected chi connectivity index (χ4v) is 2.37. The SMILES string of the molecule is Cc1ccc(-c2cc(-c3ccc(F)cc3)nc(NC(=O)CCl)n2)cc1. The smallest absolute Gasteiger partial charge is 0.241 e. The van der Waals surface area contributed by atoms with E-state index in [1.807, 2.05) is 31.2 Å². The van der Waals surface area contributed by atoms with Crippen LogP contribution in [0.5, 0.6) is 0 Å². The molecule has 0 spiro atoms. The van der Waals surface area contributed by atoms with Gasteiger partial charge in [0.15, 0.2) is 0 Å². The van der Waals surface area contributed by atoms with Gasteiger partial charge in [0.05, 0.1) is 11.4 Å². The third-order valence-corrected chi connectivity index (χ3v) is 3.83. The molecule has 126 valence electrons. The predicted molar refractivity (Wildman–Crippen MR) is 96.9 cm³/mol. The Morgan fingerprint density at radius 1 is 1.00 bits per heavy atom. The molecule has 1 N–H and O–H groups in total. The minimum absolute atomic E-state index is 0.156. The van der Waals surface area contributed by atoms with Crippen molar-refractivity contribution < 1.29 is 9.18 Å². The lowest BCUT2D eigenvalue weighted by Crippen LogP contribution is -2.15. The molecule has 0 saturated heterocycles. The first-order valence-corrected chi connectivity index (χ1v) is 8.16. The van der Waals surface area contributed by atoms with E-state index in [2.05, 4.69) is 15.3 Å². The fourth-order valence-electron chi connectivity index (χ4n) is 2.30. The quantitative estimate of drug-likeness (QED) is 0.704. The number of alkyl halides is 1. The summed E-state index contributed by atoms with van der Waals surface area (Å²) < 4.78 is 13.2. The van der Waals surface area contributed by atoms with E-state index in [0.717, 1.165) is 16.7 Å². The van der Waals surface area contributed by atoms with E-state index in [9.17, 15) is 9.18 Å². The molecule has 6 heteroatoms. The molecule has 2 aromatic carbocycles. The van der Waals surface area contributed by atoms with E-state index in [0.29, 0.717) is 11.4 Å². The molecule has 1 heterocycles. The van der Waals surface area contributed by atoms with Crippen molar-refractivity contribution in [2.75, 3.05) is 11.2 Å². The molecule has 0 atom stereocenters. The molecule has 0 aliphatic rings. The molecule has 1 aromatic heterocycles. The second kappa shape index (κ2) is 7.40. The monoisotopic (exact) mass is 355 g/mol. The standard InChI is InChI=1S/C19H15ClFN3O/c1-12-2-4-13(5-3-12)16-10-17(14-6-8-15(21)9-7-14)23-19(22-16)24-18(25)11-20/h2-10H,11H2,1H3,(H,22,23,24,25). The molecule has 25 heavy (non-hydrogen) atoms. The van der Waals surface area contributed by atoms with Crippen molar-refractivity contribution in [2.24, 2.45) is 0 Å². The number of amides is 1. The number of hydrogen-bond donors (Lipinski definition) is 1. The van der Waals surface area contributed by atoms with Crippen molar-refractivity contribution in [1.29, 1.82) is 0 Å². The maximum Gasteiger partial charge on any atom is 0.241 e. The number of halogens is 2. The molecule has 0 radical (unpaired) electrons. The lowest BCUT2D eigenvalue weighted by atomic mass is 10.1. The number of hydrogen-bond acceptors (Lipinski definition) is 3. The number of nitrogens with zero attached hydrogens (tertiary/aromatic N) is 2. The van der Waals surface area contributed by atoms with Gasteiger partial charge < -0.3 is 0 Å². The Morgan fingerprint density at radius 2 is 1.52 bits per heavy atom. The highest BCUT2D eigenvalue weighted by molar-refractivity contribution is 6.28. The molecule has 0 fully saturated rings. The third kappa shape index (κ3) is 4.19. The first-order valence-electron chi connectivity index (χ1n) is 7.63. The average molecular weight is 356 g/mol. The van der Waals surface area contributed by atoms with Crippen molar-refractivity contribution in [1.82, 2.24) is 9.97 Å². The van der Waals surface area contributed by atoms with Crippen molar-refractivity contribution in [3.63, 3.8) is 0 Å². The first-order chi connectivity index (χ1) is 12.0. The number of nitrogens with one attached hydrogen (secondary N) is 1. The highest BCUT2D eigenvalue weighted by Gasteiger charge is 2.11. The van der Waals surface area contributed by atoms with Crippen LogP contribution in [0.4, 0.5) is 10.3 Å². The van der Waals surface area contributed by atoms with Crippen LogP contribution in [0, 0.1) is 12.7 Å². The zero-order valence-corrected chi connectivity index (χ0v) is 14.2. The Balaban J connectivity index is 2.08. The van der Waals surface area contributed by atoms with Gasteiger partial charge in [0.25, 0.3) is 0 Å². The zero-order chi connectivity index (χ0) is 17.8. The summed E-state index contributed by atoms with van der Waals surface area (Å²) in [4.78, 5) is 20.3. The van der Waals surface area contributed by atoms with Gasteiger partial charge in [0, 0.05) is 11.1 Å². The first kappa shape index (κ1) is 17.0. The molecule has 3 rings (SSSR count). The van der Waals surface area contributed by atoms with Crippen LogP contribution in [0.1, 0.15) is 5.56 Å². The zero-order valence-electron chi connectivity index (χ0n) is 13.5. The van der Waals surface area contributed by atoms with Crippen molar-refractivity contribution >= 4 is 23.5 Å². The molecule has 0 aliphatic carbocycles. The number of carbonyl (C=O) groups excluding carboxylic acids is 1. The fraction of sp³-hybridized carbons (Fsp3) is 0.105. The number of carbonyl (C=O) groups is 1.